The average molecular weight is 286 g/mol. The molecule has 1 fully saturated rings. The number of Topliss-reactive ketones (excluding diaryl/α,β-unsaturated/α-hetero) is 1. The number of ketones is 1. The van der Waals surface area contributed by atoms with Crippen LogP contribution in [-0.4, -0.2) is 29.3 Å². The van der Waals surface area contributed by atoms with Gasteiger partial charge in [0.1, 0.15) is 0 Å². The lowest BCUT2D eigenvalue weighted by molar-refractivity contribution is 0.0589. The van der Waals surface area contributed by atoms with Gasteiger partial charge in [0.2, 0.25) is 0 Å². The zero-order chi connectivity index (χ0) is 13.2. The highest BCUT2D eigenvalue weighted by Crippen LogP contribution is 2.39. The Bertz CT molecular complexity index is 419. The maximum Gasteiger partial charge on any atom is 0.193 e. The van der Waals surface area contributed by atoms with Crippen molar-refractivity contribution in [3.05, 3.63) is 21.3 Å². The minimum Gasteiger partial charge on any atom is -0.291 e. The third-order valence-electron chi connectivity index (χ3n) is 4.02. The zero-order valence-corrected chi connectivity index (χ0v) is 12.6. The normalized spacial score (nSPS) is 18.4. The summed E-state index contributed by atoms with van der Waals surface area (Å²) in [7, 11) is 0. The Hall–Kier alpha value is -0.380. The van der Waals surface area contributed by atoms with Gasteiger partial charge in [-0.15, -0.1) is 11.3 Å². The van der Waals surface area contributed by atoms with Gasteiger partial charge in [0.15, 0.2) is 5.78 Å². The number of halogens is 1. The second kappa shape index (κ2) is 5.72. The molecule has 0 N–H and O–H groups in total. The summed E-state index contributed by atoms with van der Waals surface area (Å²) >= 11 is 7.37. The molecule has 1 heterocycles. The van der Waals surface area contributed by atoms with Crippen molar-refractivity contribution in [3.63, 3.8) is 0 Å². The van der Waals surface area contributed by atoms with E-state index in [1.807, 2.05) is 12.1 Å². The number of hydrogen-bond donors (Lipinski definition) is 0. The second-order valence-corrected chi connectivity index (χ2v) is 6.56. The van der Waals surface area contributed by atoms with Crippen LogP contribution in [0, 0.1) is 0 Å². The monoisotopic (exact) mass is 285 g/mol. The van der Waals surface area contributed by atoms with E-state index in [4.69, 9.17) is 11.6 Å². The van der Waals surface area contributed by atoms with Gasteiger partial charge < -0.3 is 0 Å². The van der Waals surface area contributed by atoms with E-state index in [1.54, 1.807) is 0 Å². The van der Waals surface area contributed by atoms with E-state index in [0.29, 0.717) is 4.34 Å². The molecule has 1 aromatic heterocycles. The second-order valence-electron chi connectivity index (χ2n) is 4.84. The third kappa shape index (κ3) is 2.36. The Labute approximate surface area is 118 Å². The topological polar surface area (TPSA) is 20.3 Å². The Morgan fingerprint density at radius 1 is 1.33 bits per heavy atom. The van der Waals surface area contributed by atoms with E-state index < -0.39 is 0 Å². The van der Waals surface area contributed by atoms with E-state index in [2.05, 4.69) is 18.7 Å². The molecule has 0 atom stereocenters. The molecule has 0 radical (unpaired) electrons. The molecule has 1 saturated carbocycles. The summed E-state index contributed by atoms with van der Waals surface area (Å²) in [6.45, 7) is 6.14. The number of carbonyl (C=O) groups is 1. The van der Waals surface area contributed by atoms with Crippen molar-refractivity contribution in [1.82, 2.24) is 4.90 Å². The molecule has 4 heteroatoms. The van der Waals surface area contributed by atoms with Crippen molar-refractivity contribution in [1.29, 1.82) is 0 Å². The molecule has 2 nitrogen and oxygen atoms in total. The Morgan fingerprint density at radius 3 is 2.39 bits per heavy atom. The number of carbonyl (C=O) groups excluding carboxylic acids is 1. The van der Waals surface area contributed by atoms with Gasteiger partial charge in [-0.05, 0) is 38.1 Å². The molecule has 1 aliphatic rings. The van der Waals surface area contributed by atoms with E-state index in [-0.39, 0.29) is 11.3 Å². The molecule has 1 aromatic rings. The van der Waals surface area contributed by atoms with E-state index in [0.717, 1.165) is 43.6 Å². The SMILES string of the molecule is CCN(CC)C1(C(=O)c2ccc(Cl)s2)CCCC1. The first-order valence-electron chi connectivity index (χ1n) is 6.69. The first kappa shape index (κ1) is 14.0. The van der Waals surface area contributed by atoms with Crippen molar-refractivity contribution < 1.29 is 4.79 Å². The highest BCUT2D eigenvalue weighted by atomic mass is 35.5. The lowest BCUT2D eigenvalue weighted by Crippen LogP contribution is -2.52. The summed E-state index contributed by atoms with van der Waals surface area (Å²) in [6, 6.07) is 3.70. The molecule has 0 spiro atoms. The van der Waals surface area contributed by atoms with Crippen molar-refractivity contribution in [2.45, 2.75) is 45.1 Å². The third-order valence-corrected chi connectivity index (χ3v) is 5.25. The quantitative estimate of drug-likeness (QED) is 0.754. The van der Waals surface area contributed by atoms with Crippen molar-refractivity contribution in [2.24, 2.45) is 0 Å². The van der Waals surface area contributed by atoms with Gasteiger partial charge in [0.05, 0.1) is 14.8 Å². The van der Waals surface area contributed by atoms with Crippen molar-refractivity contribution in [2.75, 3.05) is 13.1 Å². The van der Waals surface area contributed by atoms with Crippen molar-refractivity contribution >= 4 is 28.7 Å². The molecule has 0 unspecified atom stereocenters. The minimum atomic E-state index is -0.266. The van der Waals surface area contributed by atoms with E-state index in [9.17, 15) is 4.79 Å². The first-order valence-corrected chi connectivity index (χ1v) is 7.88. The first-order chi connectivity index (χ1) is 8.64. The lowest BCUT2D eigenvalue weighted by Gasteiger charge is -2.38. The number of thiophene rings is 1. The number of rotatable bonds is 5. The van der Waals surface area contributed by atoms with Crippen LogP contribution in [0.2, 0.25) is 4.34 Å². The van der Waals surface area contributed by atoms with Crippen LogP contribution in [0.5, 0.6) is 0 Å². The fraction of sp³-hybridized carbons (Fsp3) is 0.643. The standard InChI is InChI=1S/C14H20ClNOS/c1-3-16(4-2)14(9-5-6-10-14)13(17)11-7-8-12(15)18-11/h7-8H,3-6,9-10H2,1-2H3. The van der Waals surface area contributed by atoms with Gasteiger partial charge in [-0.25, -0.2) is 0 Å². The van der Waals surface area contributed by atoms with Gasteiger partial charge in [0.25, 0.3) is 0 Å². The van der Waals surface area contributed by atoms with Crippen LogP contribution in [0.1, 0.15) is 49.2 Å². The highest BCUT2D eigenvalue weighted by Gasteiger charge is 2.45. The molecular weight excluding hydrogens is 266 g/mol. The van der Waals surface area contributed by atoms with Crippen LogP contribution in [0.3, 0.4) is 0 Å². The Morgan fingerprint density at radius 2 is 1.94 bits per heavy atom. The van der Waals surface area contributed by atoms with Crippen LogP contribution in [-0.2, 0) is 0 Å². The maximum absolute atomic E-state index is 12.9. The number of likely N-dealkylation sites (N-methyl/N-ethyl adjacent to an activating group) is 1. The molecule has 0 aliphatic heterocycles. The summed E-state index contributed by atoms with van der Waals surface area (Å²) in [6.07, 6.45) is 4.29. The average Bonchev–Trinajstić information content (AvgIpc) is 3.00. The maximum atomic E-state index is 12.9. The van der Waals surface area contributed by atoms with Crippen molar-refractivity contribution in [3.8, 4) is 0 Å². The highest BCUT2D eigenvalue weighted by molar-refractivity contribution is 7.18. The van der Waals surface area contributed by atoms with Gasteiger partial charge in [-0.3, -0.25) is 9.69 Å². The van der Waals surface area contributed by atoms with Gasteiger partial charge >= 0.3 is 0 Å². The molecule has 1 aliphatic carbocycles. The fourth-order valence-corrected chi connectivity index (χ4v) is 4.22. The summed E-state index contributed by atoms with van der Waals surface area (Å²) < 4.78 is 0.700. The Kier molecular flexibility index (Phi) is 4.46. The fourth-order valence-electron chi connectivity index (χ4n) is 3.14. The smallest absolute Gasteiger partial charge is 0.193 e. The van der Waals surface area contributed by atoms with E-state index in [1.165, 1.54) is 11.3 Å². The summed E-state index contributed by atoms with van der Waals surface area (Å²) in [5.41, 5.74) is -0.266. The van der Waals surface area contributed by atoms with Crippen LogP contribution in [0.25, 0.3) is 0 Å². The van der Waals surface area contributed by atoms with Gasteiger partial charge in [0, 0.05) is 0 Å². The van der Waals surface area contributed by atoms with Crippen LogP contribution in [0.15, 0.2) is 12.1 Å². The van der Waals surface area contributed by atoms with Crippen LogP contribution < -0.4 is 0 Å². The minimum absolute atomic E-state index is 0.266. The largest absolute Gasteiger partial charge is 0.291 e. The van der Waals surface area contributed by atoms with Gasteiger partial charge in [-0.2, -0.15) is 0 Å². The van der Waals surface area contributed by atoms with Crippen LogP contribution >= 0.6 is 22.9 Å². The molecule has 0 bridgehead atoms. The molecule has 0 aromatic carbocycles. The molecule has 100 valence electrons. The van der Waals surface area contributed by atoms with E-state index >= 15 is 0 Å². The predicted octanol–water partition coefficient (Wildman–Crippen LogP) is 4.24. The molecule has 2 rings (SSSR count). The number of nitrogens with zero attached hydrogens (tertiary/aromatic N) is 1. The summed E-state index contributed by atoms with van der Waals surface area (Å²) in [5.74, 6) is 0.278. The van der Waals surface area contributed by atoms with Crippen LogP contribution in [0.4, 0.5) is 0 Å². The van der Waals surface area contributed by atoms with Gasteiger partial charge in [-0.1, -0.05) is 38.3 Å². The predicted molar refractivity (Wildman–Crippen MR) is 77.8 cm³/mol. The zero-order valence-electron chi connectivity index (χ0n) is 11.0. The Balaban J connectivity index is 2.32. The summed E-state index contributed by atoms with van der Waals surface area (Å²) in [5, 5.41) is 0. The summed E-state index contributed by atoms with van der Waals surface area (Å²) in [4.78, 5) is 16.0. The molecule has 0 amide bonds. The molecule has 18 heavy (non-hydrogen) atoms. The lowest BCUT2D eigenvalue weighted by atomic mass is 9.88. The molecule has 0 saturated heterocycles. The number of hydrogen-bond acceptors (Lipinski definition) is 3. The molecular formula is C14H20ClNOS.